The molecular formula is C28H29N3O3. The molecule has 0 bridgehead atoms. The molecule has 1 atom stereocenters. The molecule has 1 N–H and O–H groups in total. The number of rotatable bonds is 6. The van der Waals surface area contributed by atoms with Crippen LogP contribution in [-0.2, 0) is 17.8 Å². The van der Waals surface area contributed by atoms with Crippen molar-refractivity contribution in [1.82, 2.24) is 14.8 Å². The van der Waals surface area contributed by atoms with E-state index in [1.54, 1.807) is 12.0 Å². The van der Waals surface area contributed by atoms with Crippen molar-refractivity contribution >= 4 is 22.7 Å². The van der Waals surface area contributed by atoms with E-state index in [0.717, 1.165) is 27.8 Å². The Morgan fingerprint density at radius 3 is 2.68 bits per heavy atom. The van der Waals surface area contributed by atoms with Gasteiger partial charge in [-0.1, -0.05) is 42.5 Å². The summed E-state index contributed by atoms with van der Waals surface area (Å²) >= 11 is 0. The van der Waals surface area contributed by atoms with Crippen LogP contribution in [0.1, 0.15) is 22.9 Å². The van der Waals surface area contributed by atoms with Gasteiger partial charge in [0.2, 0.25) is 5.91 Å². The lowest BCUT2D eigenvalue weighted by Crippen LogP contribution is -2.58. The first-order valence-corrected chi connectivity index (χ1v) is 11.4. The van der Waals surface area contributed by atoms with Crippen molar-refractivity contribution in [3.05, 3.63) is 102 Å². The number of amides is 2. The normalized spacial score (nSPS) is 16.1. The predicted molar refractivity (Wildman–Crippen MR) is 134 cm³/mol. The largest absolute Gasteiger partial charge is 0.497 e. The summed E-state index contributed by atoms with van der Waals surface area (Å²) in [5.74, 6) is 0.597. The van der Waals surface area contributed by atoms with Gasteiger partial charge in [0.25, 0.3) is 5.91 Å². The van der Waals surface area contributed by atoms with Crippen LogP contribution in [0.5, 0.6) is 5.75 Å². The van der Waals surface area contributed by atoms with E-state index < -0.39 is 0 Å². The molecule has 6 heteroatoms. The van der Waals surface area contributed by atoms with E-state index in [9.17, 15) is 9.59 Å². The fourth-order valence-corrected chi connectivity index (χ4v) is 4.64. The fraction of sp³-hybridized carbons (Fsp3) is 0.214. The molecule has 2 amide bonds. The van der Waals surface area contributed by atoms with Crippen LogP contribution >= 0.6 is 0 Å². The highest BCUT2D eigenvalue weighted by molar-refractivity contribution is 6.00. The van der Waals surface area contributed by atoms with Crippen molar-refractivity contribution in [2.75, 3.05) is 20.2 Å². The number of piperazine rings is 1. The number of carbonyl (C=O) groups is 2. The van der Waals surface area contributed by atoms with Gasteiger partial charge in [-0.3, -0.25) is 9.59 Å². The van der Waals surface area contributed by atoms with Crippen molar-refractivity contribution < 1.29 is 15.8 Å². The van der Waals surface area contributed by atoms with Gasteiger partial charge in [-0.15, -0.1) is 0 Å². The monoisotopic (exact) mass is 455 g/mol. The van der Waals surface area contributed by atoms with Crippen LogP contribution in [0, 0.1) is 0 Å². The summed E-state index contributed by atoms with van der Waals surface area (Å²) in [5, 5.41) is 0.981. The van der Waals surface area contributed by atoms with E-state index in [1.807, 2.05) is 77.8 Å². The molecule has 4 aromatic rings. The van der Waals surface area contributed by atoms with E-state index in [2.05, 4.69) is 17.1 Å². The van der Waals surface area contributed by atoms with Gasteiger partial charge < -0.3 is 19.5 Å². The molecule has 0 spiro atoms. The second-order valence-electron chi connectivity index (χ2n) is 8.68. The minimum absolute atomic E-state index is 0. The zero-order chi connectivity index (χ0) is 23.5. The van der Waals surface area contributed by atoms with Gasteiger partial charge in [0.1, 0.15) is 12.3 Å². The van der Waals surface area contributed by atoms with Crippen LogP contribution in [0.25, 0.3) is 10.9 Å². The van der Waals surface area contributed by atoms with Crippen LogP contribution in [0.3, 0.4) is 0 Å². The molecule has 1 aliphatic rings. The first kappa shape index (κ1) is 21.8. The molecule has 5 rings (SSSR count). The highest BCUT2D eigenvalue weighted by Crippen LogP contribution is 2.23. The summed E-state index contributed by atoms with van der Waals surface area (Å²) < 4.78 is 5.36. The summed E-state index contributed by atoms with van der Waals surface area (Å²) in [6, 6.07) is 25.3. The van der Waals surface area contributed by atoms with Crippen LogP contribution < -0.4 is 4.74 Å². The van der Waals surface area contributed by atoms with Gasteiger partial charge >= 0.3 is 0 Å². The van der Waals surface area contributed by atoms with Gasteiger partial charge in [0.05, 0.1) is 13.2 Å². The number of H-pyrrole nitrogens is 1. The number of nitrogens with zero attached hydrogens (tertiary/aromatic N) is 2. The molecule has 6 nitrogen and oxygen atoms in total. The van der Waals surface area contributed by atoms with Gasteiger partial charge in [0, 0.05) is 37.2 Å². The lowest BCUT2D eigenvalue weighted by atomic mass is 10.00. The third-order valence-corrected chi connectivity index (χ3v) is 6.41. The SMILES string of the molecule is COc1cccc(CN2C(=O)CN(C(=O)c3ccc4[nH]ccc4c3)C[C@@H]2Cc2ccccc2)c1.[HH]. The second-order valence-corrected chi connectivity index (χ2v) is 8.68. The number of carbonyl (C=O) groups excluding carboxylic acids is 2. The Balaban J connectivity index is 0.00000289. The number of methoxy groups -OCH3 is 1. The maximum absolute atomic E-state index is 13.4. The highest BCUT2D eigenvalue weighted by atomic mass is 16.5. The lowest BCUT2D eigenvalue weighted by Gasteiger charge is -2.41. The maximum atomic E-state index is 13.4. The van der Waals surface area contributed by atoms with Gasteiger partial charge in [-0.25, -0.2) is 0 Å². The molecule has 2 heterocycles. The summed E-state index contributed by atoms with van der Waals surface area (Å²) in [7, 11) is 1.64. The van der Waals surface area contributed by atoms with E-state index in [-0.39, 0.29) is 25.8 Å². The number of aromatic amines is 1. The number of aromatic nitrogens is 1. The average molecular weight is 456 g/mol. The zero-order valence-electron chi connectivity index (χ0n) is 19.1. The summed E-state index contributed by atoms with van der Waals surface area (Å²) in [5.41, 5.74) is 3.72. The Morgan fingerprint density at radius 1 is 1.03 bits per heavy atom. The molecule has 1 aliphatic heterocycles. The molecule has 1 saturated heterocycles. The van der Waals surface area contributed by atoms with Gasteiger partial charge in [-0.05, 0) is 53.9 Å². The Morgan fingerprint density at radius 2 is 1.85 bits per heavy atom. The summed E-state index contributed by atoms with van der Waals surface area (Å²) in [6.07, 6.45) is 2.53. The quantitative estimate of drug-likeness (QED) is 0.465. The minimum atomic E-state index is -0.130. The molecular weight excluding hydrogens is 426 g/mol. The smallest absolute Gasteiger partial charge is 0.254 e. The van der Waals surface area contributed by atoms with Crippen molar-refractivity contribution in [2.24, 2.45) is 0 Å². The Bertz CT molecular complexity index is 1320. The van der Waals surface area contributed by atoms with Crippen molar-refractivity contribution in [3.8, 4) is 5.75 Å². The molecule has 174 valence electrons. The molecule has 0 unspecified atom stereocenters. The Labute approximate surface area is 200 Å². The standard InChI is InChI=1S/C28H27N3O3.H2/c1-34-25-9-5-8-21(15-25)17-31-24(14-20-6-3-2-4-7-20)18-30(19-27(31)32)28(33)23-10-11-26-22(16-23)12-13-29-26;/h2-13,15-16,24,29H,14,17-19H2,1H3;1H/t24-;/m0./s1. The average Bonchev–Trinajstić information content (AvgIpc) is 3.34. The fourth-order valence-electron chi connectivity index (χ4n) is 4.64. The van der Waals surface area contributed by atoms with Crippen LogP contribution in [0.15, 0.2) is 85.1 Å². The van der Waals surface area contributed by atoms with Crippen molar-refractivity contribution in [1.29, 1.82) is 0 Å². The molecule has 0 saturated carbocycles. The molecule has 0 aliphatic carbocycles. The highest BCUT2D eigenvalue weighted by Gasteiger charge is 2.35. The molecule has 1 fully saturated rings. The van der Waals surface area contributed by atoms with E-state index >= 15 is 0 Å². The third kappa shape index (κ3) is 4.53. The number of nitrogens with one attached hydrogen (secondary N) is 1. The second kappa shape index (κ2) is 9.43. The third-order valence-electron chi connectivity index (χ3n) is 6.41. The predicted octanol–water partition coefficient (Wildman–Crippen LogP) is 4.52. The minimum Gasteiger partial charge on any atom is -0.497 e. The van der Waals surface area contributed by atoms with E-state index in [4.69, 9.17) is 4.74 Å². The van der Waals surface area contributed by atoms with Crippen LogP contribution in [0.2, 0.25) is 0 Å². The van der Waals surface area contributed by atoms with Crippen molar-refractivity contribution in [2.45, 2.75) is 19.0 Å². The first-order chi connectivity index (χ1) is 16.6. The Kier molecular flexibility index (Phi) is 6.04. The van der Waals surface area contributed by atoms with Crippen LogP contribution in [-0.4, -0.2) is 52.8 Å². The van der Waals surface area contributed by atoms with Gasteiger partial charge in [0.15, 0.2) is 0 Å². The van der Waals surface area contributed by atoms with E-state index in [1.165, 1.54) is 0 Å². The summed E-state index contributed by atoms with van der Waals surface area (Å²) in [4.78, 5) is 33.5. The lowest BCUT2D eigenvalue weighted by molar-refractivity contribution is -0.139. The molecule has 0 radical (unpaired) electrons. The van der Waals surface area contributed by atoms with E-state index in [0.29, 0.717) is 25.1 Å². The van der Waals surface area contributed by atoms with Crippen molar-refractivity contribution in [3.63, 3.8) is 0 Å². The topological polar surface area (TPSA) is 65.6 Å². The number of ether oxygens (including phenoxy) is 1. The molecule has 1 aromatic heterocycles. The first-order valence-electron chi connectivity index (χ1n) is 11.4. The number of benzene rings is 3. The number of hydrogen-bond acceptors (Lipinski definition) is 3. The molecule has 3 aromatic carbocycles. The number of hydrogen-bond donors (Lipinski definition) is 1. The van der Waals surface area contributed by atoms with Crippen LogP contribution in [0.4, 0.5) is 0 Å². The maximum Gasteiger partial charge on any atom is 0.254 e. The summed E-state index contributed by atoms with van der Waals surface area (Å²) in [6.45, 7) is 1.03. The Hall–Kier alpha value is -4.06. The molecule has 34 heavy (non-hydrogen) atoms. The zero-order valence-corrected chi connectivity index (χ0v) is 19.1. The van der Waals surface area contributed by atoms with Gasteiger partial charge in [-0.2, -0.15) is 0 Å². The number of fused-ring (bicyclic) bond motifs is 1.